The molecule has 280 valence electrons. The molecule has 0 saturated heterocycles. The normalized spacial score (nSPS) is 13.0. The van der Waals surface area contributed by atoms with Crippen LogP contribution in [0.1, 0.15) is 183 Å². The van der Waals surface area contributed by atoms with E-state index in [0.717, 1.165) is 64.7 Å². The minimum atomic E-state index is -0.562. The van der Waals surface area contributed by atoms with Crippen molar-refractivity contribution >= 4 is 12.1 Å². The summed E-state index contributed by atoms with van der Waals surface area (Å²) in [6, 6.07) is 0.389. The highest BCUT2D eigenvalue weighted by Gasteiger charge is 2.18. The molecule has 0 bridgehead atoms. The number of hydrogen-bond acceptors (Lipinski definition) is 7. The van der Waals surface area contributed by atoms with Crippen LogP contribution < -0.4 is 0 Å². The van der Waals surface area contributed by atoms with Gasteiger partial charge < -0.3 is 19.1 Å². The molecule has 47 heavy (non-hydrogen) atoms. The molecule has 0 saturated carbocycles. The summed E-state index contributed by atoms with van der Waals surface area (Å²) in [5.41, 5.74) is 0. The van der Waals surface area contributed by atoms with Crippen molar-refractivity contribution in [3.8, 4) is 0 Å². The van der Waals surface area contributed by atoms with Crippen LogP contribution in [0.5, 0.6) is 0 Å². The molecule has 7 heteroatoms. The first-order valence-electron chi connectivity index (χ1n) is 20.3. The zero-order chi connectivity index (χ0) is 35.0. The lowest BCUT2D eigenvalue weighted by atomic mass is 9.95. The van der Waals surface area contributed by atoms with E-state index in [1.54, 1.807) is 0 Å². The Morgan fingerprint density at radius 3 is 1.64 bits per heavy atom. The number of ether oxygens (including phenoxy) is 3. The number of carbonyl (C=O) groups is 2. The minimum absolute atomic E-state index is 0.0815. The van der Waals surface area contributed by atoms with Gasteiger partial charge in [0.05, 0.1) is 6.61 Å². The smallest absolute Gasteiger partial charge is 0.465 e. The number of likely N-dealkylation sites (N-methyl/N-ethyl adjacent to an activating group) is 1. The first-order chi connectivity index (χ1) is 22.8. The lowest BCUT2D eigenvalue weighted by Crippen LogP contribution is -2.40. The van der Waals surface area contributed by atoms with E-state index in [1.165, 1.54) is 89.9 Å². The van der Waals surface area contributed by atoms with E-state index in [0.29, 0.717) is 38.1 Å². The van der Waals surface area contributed by atoms with Gasteiger partial charge in [0.1, 0.15) is 12.7 Å². The van der Waals surface area contributed by atoms with Crippen molar-refractivity contribution in [2.45, 2.75) is 195 Å². The van der Waals surface area contributed by atoms with Crippen LogP contribution in [-0.2, 0) is 19.0 Å². The Labute approximate surface area is 292 Å². The Balaban J connectivity index is 4.63. The van der Waals surface area contributed by atoms with Gasteiger partial charge in [0.2, 0.25) is 0 Å². The summed E-state index contributed by atoms with van der Waals surface area (Å²) in [6.07, 6.45) is 22.7. The summed E-state index contributed by atoms with van der Waals surface area (Å²) < 4.78 is 17.1. The molecule has 0 radical (unpaired) electrons. The maximum atomic E-state index is 12.6. The van der Waals surface area contributed by atoms with Crippen LogP contribution in [0.4, 0.5) is 4.79 Å². The van der Waals surface area contributed by atoms with Crippen LogP contribution in [0.3, 0.4) is 0 Å². The Hall–Kier alpha value is -1.34. The van der Waals surface area contributed by atoms with Gasteiger partial charge in [-0.25, -0.2) is 4.79 Å². The summed E-state index contributed by atoms with van der Waals surface area (Å²) in [4.78, 5) is 30.1. The lowest BCUT2D eigenvalue weighted by Gasteiger charge is -2.29. The van der Waals surface area contributed by atoms with Crippen molar-refractivity contribution in [2.24, 2.45) is 5.92 Å². The number of unbranched alkanes of at least 4 members (excludes halogenated alkanes) is 12. The number of hydrogen-bond donors (Lipinski definition) is 0. The van der Waals surface area contributed by atoms with Crippen LogP contribution in [0.15, 0.2) is 0 Å². The first-order valence-corrected chi connectivity index (χ1v) is 20.3. The van der Waals surface area contributed by atoms with E-state index in [1.807, 2.05) is 0 Å². The molecule has 0 heterocycles. The fourth-order valence-electron chi connectivity index (χ4n) is 6.22. The molecular formula is C40H80N2O5. The topological polar surface area (TPSA) is 68.3 Å². The van der Waals surface area contributed by atoms with Gasteiger partial charge in [-0.1, -0.05) is 118 Å². The maximum Gasteiger partial charge on any atom is 0.508 e. The predicted molar refractivity (Wildman–Crippen MR) is 199 cm³/mol. The lowest BCUT2D eigenvalue weighted by molar-refractivity contribution is -0.145. The molecule has 0 N–H and O–H groups in total. The molecule has 0 fully saturated rings. The van der Waals surface area contributed by atoms with Crippen molar-refractivity contribution < 1.29 is 23.8 Å². The molecule has 0 aliphatic heterocycles. The molecule has 0 spiro atoms. The van der Waals surface area contributed by atoms with Gasteiger partial charge in [0.25, 0.3) is 0 Å². The van der Waals surface area contributed by atoms with Gasteiger partial charge >= 0.3 is 12.1 Å². The van der Waals surface area contributed by atoms with Gasteiger partial charge in [-0.15, -0.1) is 0 Å². The molecule has 0 aromatic carbocycles. The summed E-state index contributed by atoms with van der Waals surface area (Å²) in [7, 11) is 0. The number of carbonyl (C=O) groups excluding carboxylic acids is 2. The standard InChI is InChI=1S/C40H80N2O5/c1-8-13-16-19-20-22-27-37(26-21-17-14-9-2)35-46-39(43)30-25-24-29-38(28-23-18-15-10-3)47-40(44)45-34-33-42(36(6)7)32-31-41(11-4)12-5/h36-38H,8-35H2,1-7H3. The van der Waals surface area contributed by atoms with Crippen molar-refractivity contribution in [1.29, 1.82) is 0 Å². The van der Waals surface area contributed by atoms with Crippen molar-refractivity contribution in [3.63, 3.8) is 0 Å². The van der Waals surface area contributed by atoms with Crippen LogP contribution in [-0.4, -0.2) is 80.0 Å². The van der Waals surface area contributed by atoms with Gasteiger partial charge in [0.15, 0.2) is 0 Å². The van der Waals surface area contributed by atoms with E-state index in [-0.39, 0.29) is 12.1 Å². The molecule has 2 unspecified atom stereocenters. The number of rotatable bonds is 34. The molecule has 0 aromatic rings. The van der Waals surface area contributed by atoms with E-state index in [2.05, 4.69) is 58.3 Å². The second-order valence-electron chi connectivity index (χ2n) is 14.0. The predicted octanol–water partition coefficient (Wildman–Crippen LogP) is 11.0. The number of esters is 1. The van der Waals surface area contributed by atoms with Crippen LogP contribution in [0.25, 0.3) is 0 Å². The highest BCUT2D eigenvalue weighted by atomic mass is 16.7. The van der Waals surface area contributed by atoms with Gasteiger partial charge in [-0.05, 0) is 77.8 Å². The number of nitrogens with zero attached hydrogens (tertiary/aromatic N) is 2. The van der Waals surface area contributed by atoms with Crippen LogP contribution in [0, 0.1) is 5.92 Å². The maximum absolute atomic E-state index is 12.6. The molecule has 0 aliphatic carbocycles. The minimum Gasteiger partial charge on any atom is -0.465 e. The van der Waals surface area contributed by atoms with E-state index >= 15 is 0 Å². The second kappa shape index (κ2) is 33.2. The van der Waals surface area contributed by atoms with Crippen molar-refractivity contribution in [1.82, 2.24) is 9.80 Å². The Morgan fingerprint density at radius 2 is 1.09 bits per heavy atom. The Morgan fingerprint density at radius 1 is 0.574 bits per heavy atom. The molecule has 2 atom stereocenters. The SMILES string of the molecule is CCCCCCCCC(CCCCCC)COC(=O)CCCCC(CCCCCC)OC(=O)OCCN(CCN(CC)CC)C(C)C. The Bertz CT molecular complexity index is 700. The van der Waals surface area contributed by atoms with E-state index in [9.17, 15) is 9.59 Å². The highest BCUT2D eigenvalue weighted by Crippen LogP contribution is 2.20. The largest absolute Gasteiger partial charge is 0.508 e. The summed E-state index contributed by atoms with van der Waals surface area (Å²) >= 11 is 0. The van der Waals surface area contributed by atoms with Gasteiger partial charge in [0, 0.05) is 32.1 Å². The highest BCUT2D eigenvalue weighted by molar-refractivity contribution is 5.69. The second-order valence-corrected chi connectivity index (χ2v) is 14.0. The average molecular weight is 669 g/mol. The Kier molecular flexibility index (Phi) is 32.2. The van der Waals surface area contributed by atoms with E-state index < -0.39 is 6.16 Å². The third-order valence-corrected chi connectivity index (χ3v) is 9.64. The van der Waals surface area contributed by atoms with E-state index in [4.69, 9.17) is 14.2 Å². The molecule has 0 amide bonds. The fourth-order valence-corrected chi connectivity index (χ4v) is 6.22. The van der Waals surface area contributed by atoms with Crippen molar-refractivity contribution in [2.75, 3.05) is 45.9 Å². The zero-order valence-electron chi connectivity index (χ0n) is 32.5. The molecule has 0 aromatic heterocycles. The first kappa shape index (κ1) is 45.7. The third kappa shape index (κ3) is 28.2. The molecular weight excluding hydrogens is 588 g/mol. The van der Waals surface area contributed by atoms with Crippen LogP contribution >= 0.6 is 0 Å². The van der Waals surface area contributed by atoms with Gasteiger partial charge in [-0.2, -0.15) is 0 Å². The monoisotopic (exact) mass is 669 g/mol. The molecule has 7 nitrogen and oxygen atoms in total. The summed E-state index contributed by atoms with van der Waals surface area (Å²) in [5, 5.41) is 0. The summed E-state index contributed by atoms with van der Waals surface area (Å²) in [5.74, 6) is 0.408. The van der Waals surface area contributed by atoms with Gasteiger partial charge in [-0.3, -0.25) is 9.69 Å². The van der Waals surface area contributed by atoms with Crippen molar-refractivity contribution in [3.05, 3.63) is 0 Å². The zero-order valence-corrected chi connectivity index (χ0v) is 32.5. The quantitative estimate of drug-likeness (QED) is 0.0499. The average Bonchev–Trinajstić information content (AvgIpc) is 3.06. The molecule has 0 aliphatic rings. The third-order valence-electron chi connectivity index (χ3n) is 9.64. The summed E-state index contributed by atoms with van der Waals surface area (Å²) in [6.45, 7) is 21.1. The van der Waals surface area contributed by atoms with Crippen LogP contribution in [0.2, 0.25) is 0 Å². The molecule has 0 rings (SSSR count). The fraction of sp³-hybridized carbons (Fsp3) is 0.950.